The number of rotatable bonds is 6. The van der Waals surface area contributed by atoms with E-state index in [0.29, 0.717) is 18.6 Å². The fourth-order valence-corrected chi connectivity index (χ4v) is 5.20. The Kier molecular flexibility index (Phi) is 7.81. The van der Waals surface area contributed by atoms with Gasteiger partial charge in [-0.3, -0.25) is 9.59 Å². The molecule has 0 aliphatic carbocycles. The maximum absolute atomic E-state index is 15.0. The summed E-state index contributed by atoms with van der Waals surface area (Å²) in [5, 5.41) is 2.70. The molecule has 6 nitrogen and oxygen atoms in total. The molecule has 2 fully saturated rings. The Morgan fingerprint density at radius 3 is 2.42 bits per heavy atom. The van der Waals surface area contributed by atoms with Crippen molar-refractivity contribution in [2.24, 2.45) is 5.92 Å². The molecular weight excluding hydrogens is 631 g/mol. The third-order valence-corrected chi connectivity index (χ3v) is 7.92. The first-order chi connectivity index (χ1) is 17.7. The van der Waals surface area contributed by atoms with Gasteiger partial charge in [-0.2, -0.15) is 13.2 Å². The third-order valence-electron chi connectivity index (χ3n) is 6.44. The van der Waals surface area contributed by atoms with Gasteiger partial charge in [0.15, 0.2) is 0 Å². The predicted octanol–water partition coefficient (Wildman–Crippen LogP) is 5.39. The van der Waals surface area contributed by atoms with E-state index >= 15 is 0 Å². The second-order valence-corrected chi connectivity index (χ2v) is 10.4. The summed E-state index contributed by atoms with van der Waals surface area (Å²) in [6.07, 6.45) is -4.76. The molecule has 0 bridgehead atoms. The van der Waals surface area contributed by atoms with Gasteiger partial charge in [0.1, 0.15) is 27.3 Å². The Morgan fingerprint density at radius 1 is 1.18 bits per heavy atom. The summed E-state index contributed by atoms with van der Waals surface area (Å²) in [6.45, 7) is 4.86. The van der Waals surface area contributed by atoms with E-state index in [4.69, 9.17) is 4.74 Å². The van der Waals surface area contributed by atoms with Crippen LogP contribution in [0.5, 0.6) is 0 Å². The molecule has 0 spiro atoms. The lowest BCUT2D eigenvalue weighted by Gasteiger charge is -2.36. The number of nitrogens with one attached hydrogen (secondary N) is 1. The van der Waals surface area contributed by atoms with Crippen LogP contribution in [-0.2, 0) is 21.6 Å². The second-order valence-electron chi connectivity index (χ2n) is 9.24. The topological polar surface area (TPSA) is 71.5 Å². The van der Waals surface area contributed by atoms with Crippen LogP contribution in [0.3, 0.4) is 0 Å². The number of carbonyl (C=O) groups excluding carboxylic acids is 2. The van der Waals surface area contributed by atoms with E-state index < -0.39 is 62.8 Å². The number of pyridine rings is 1. The smallest absolute Gasteiger partial charge is 0.381 e. The number of carbonyl (C=O) groups is 2. The van der Waals surface area contributed by atoms with Gasteiger partial charge in [0.25, 0.3) is 11.8 Å². The summed E-state index contributed by atoms with van der Waals surface area (Å²) in [6, 6.07) is 3.72. The molecule has 2 aromatic rings. The highest BCUT2D eigenvalue weighted by atomic mass is 127. The van der Waals surface area contributed by atoms with Gasteiger partial charge in [-0.05, 0) is 23.8 Å². The fraction of sp³-hybridized carbons (Fsp3) is 0.400. The number of alkyl halides is 6. The molecule has 4 rings (SSSR count). The number of aromatic nitrogens is 1. The molecule has 3 heterocycles. The van der Waals surface area contributed by atoms with Crippen molar-refractivity contribution in [3.8, 4) is 0 Å². The van der Waals surface area contributed by atoms with Crippen molar-refractivity contribution in [3.63, 3.8) is 0 Å². The average Bonchev–Trinajstić information content (AvgIpc) is 3.10. The minimum absolute atomic E-state index is 0.0154. The fourth-order valence-electron chi connectivity index (χ4n) is 4.30. The van der Waals surface area contributed by atoms with Gasteiger partial charge in [-0.15, -0.1) is 0 Å². The van der Waals surface area contributed by atoms with Crippen LogP contribution < -0.4 is 5.32 Å². The van der Waals surface area contributed by atoms with Crippen LogP contribution in [0.1, 0.15) is 46.7 Å². The molecule has 2 aliphatic rings. The molecule has 2 saturated heterocycles. The molecule has 1 N–H and O–H groups in total. The largest absolute Gasteiger partial charge is 0.433 e. The van der Waals surface area contributed by atoms with Crippen LogP contribution >= 0.6 is 22.6 Å². The molecule has 2 amide bonds. The number of halogens is 7. The van der Waals surface area contributed by atoms with Crippen LogP contribution in [-0.4, -0.2) is 45.0 Å². The highest BCUT2D eigenvalue weighted by Crippen LogP contribution is 2.37. The highest BCUT2D eigenvalue weighted by Gasteiger charge is 2.45. The molecule has 1 aromatic heterocycles. The van der Waals surface area contributed by atoms with Crippen LogP contribution in [0.15, 0.2) is 48.6 Å². The number of amides is 2. The molecule has 204 valence electrons. The van der Waals surface area contributed by atoms with Crippen molar-refractivity contribution in [1.29, 1.82) is 0 Å². The van der Waals surface area contributed by atoms with Gasteiger partial charge in [0.05, 0.1) is 19.3 Å². The van der Waals surface area contributed by atoms with Gasteiger partial charge in [0.2, 0.25) is 5.91 Å². The van der Waals surface area contributed by atoms with Crippen LogP contribution in [0.4, 0.5) is 26.3 Å². The molecule has 38 heavy (non-hydrogen) atoms. The van der Waals surface area contributed by atoms with Gasteiger partial charge in [0, 0.05) is 30.4 Å². The van der Waals surface area contributed by atoms with E-state index in [-0.39, 0.29) is 31.1 Å². The number of hydrogen-bond acceptors (Lipinski definition) is 4. The van der Waals surface area contributed by atoms with E-state index in [1.54, 1.807) is 0 Å². The summed E-state index contributed by atoms with van der Waals surface area (Å²) >= 11 is 1.85. The summed E-state index contributed by atoms with van der Waals surface area (Å²) in [5.74, 6) is -6.18. The van der Waals surface area contributed by atoms with E-state index in [0.717, 1.165) is 29.2 Å². The molecule has 0 saturated carbocycles. The van der Waals surface area contributed by atoms with Crippen LogP contribution in [0.25, 0.3) is 0 Å². The predicted molar refractivity (Wildman–Crippen MR) is 132 cm³/mol. The molecule has 13 heteroatoms. The van der Waals surface area contributed by atoms with Gasteiger partial charge in [-0.1, -0.05) is 47.4 Å². The van der Waals surface area contributed by atoms with Crippen LogP contribution in [0, 0.1) is 11.7 Å². The zero-order chi connectivity index (χ0) is 28.0. The Balaban J connectivity index is 1.62. The first kappa shape index (κ1) is 28.3. The zero-order valence-electron chi connectivity index (χ0n) is 19.9. The Bertz CT molecular complexity index is 1260. The number of benzene rings is 1. The quantitative estimate of drug-likeness (QED) is 0.149. The second kappa shape index (κ2) is 10.5. The highest BCUT2D eigenvalue weighted by molar-refractivity contribution is 14.1. The Labute approximate surface area is 227 Å². The molecular formula is C25H22F6IN3O3. The summed E-state index contributed by atoms with van der Waals surface area (Å²) in [7, 11) is 0. The van der Waals surface area contributed by atoms with Crippen molar-refractivity contribution < 1.29 is 40.7 Å². The van der Waals surface area contributed by atoms with E-state index in [1.165, 1.54) is 6.07 Å². The van der Waals surface area contributed by atoms with Crippen molar-refractivity contribution in [3.05, 3.63) is 76.9 Å². The SMILES string of the molecule is C=C1C[C@H](C(=O)N[C@@H](c2ccc(C(C)(F)F)cc2F)C2COC2)N(C(=O)c2cccc(C(F)(F)F)n2)[C@@H]1I. The summed E-state index contributed by atoms with van der Waals surface area (Å²) in [4.78, 5) is 31.2. The van der Waals surface area contributed by atoms with E-state index in [1.807, 2.05) is 22.6 Å². The standard InChI is InChI=1S/C25H22F6IN3O3/c1-12-8-18(35(21(12)32)23(37)17-4-3-5-19(33-17)25(29,30)31)22(36)34-20(13-10-38-11-13)15-7-6-14(9-16(15)26)24(2,27)28/h3-7,9,13,18,20-21H,1,8,10-11H2,2H3,(H,34,36)/t18-,20-,21+/m1/s1. The first-order valence-corrected chi connectivity index (χ1v) is 12.7. The Hall–Kier alpha value is -2.68. The summed E-state index contributed by atoms with van der Waals surface area (Å²) in [5.41, 5.74) is -1.83. The van der Waals surface area contributed by atoms with Gasteiger partial charge in [-0.25, -0.2) is 18.2 Å². The van der Waals surface area contributed by atoms with Crippen molar-refractivity contribution in [1.82, 2.24) is 15.2 Å². The summed E-state index contributed by atoms with van der Waals surface area (Å²) < 4.78 is 86.2. The Morgan fingerprint density at radius 2 is 1.87 bits per heavy atom. The van der Waals surface area contributed by atoms with Crippen LogP contribution in [0.2, 0.25) is 0 Å². The molecule has 3 atom stereocenters. The molecule has 0 unspecified atom stereocenters. The number of nitrogens with zero attached hydrogens (tertiary/aromatic N) is 2. The normalized spacial score (nSPS) is 21.3. The van der Waals surface area contributed by atoms with Crippen molar-refractivity contribution in [2.45, 2.75) is 41.6 Å². The number of likely N-dealkylation sites (tertiary alicyclic amines) is 1. The number of ether oxygens (including phenoxy) is 1. The van der Waals surface area contributed by atoms with E-state index in [2.05, 4.69) is 16.9 Å². The van der Waals surface area contributed by atoms with Crippen molar-refractivity contribution >= 4 is 34.4 Å². The lowest BCUT2D eigenvalue weighted by Crippen LogP contribution is -2.51. The minimum atomic E-state index is -4.77. The molecule has 2 aliphatic heterocycles. The first-order valence-electron chi connectivity index (χ1n) is 11.4. The monoisotopic (exact) mass is 653 g/mol. The maximum Gasteiger partial charge on any atom is 0.433 e. The zero-order valence-corrected chi connectivity index (χ0v) is 22.0. The van der Waals surface area contributed by atoms with Gasteiger partial charge < -0.3 is 15.0 Å². The van der Waals surface area contributed by atoms with Gasteiger partial charge >= 0.3 is 6.18 Å². The van der Waals surface area contributed by atoms with Crippen molar-refractivity contribution in [2.75, 3.05) is 13.2 Å². The lowest BCUT2D eigenvalue weighted by atomic mass is 9.89. The molecule has 1 aromatic carbocycles. The lowest BCUT2D eigenvalue weighted by molar-refractivity contribution is -0.141. The third kappa shape index (κ3) is 5.67. The molecule has 0 radical (unpaired) electrons. The number of hydrogen-bond donors (Lipinski definition) is 1. The minimum Gasteiger partial charge on any atom is -0.381 e. The maximum atomic E-state index is 15.0. The van der Waals surface area contributed by atoms with E-state index in [9.17, 15) is 35.9 Å². The average molecular weight is 653 g/mol.